The van der Waals surface area contributed by atoms with Gasteiger partial charge in [-0.05, 0) is 18.6 Å². The predicted octanol–water partition coefficient (Wildman–Crippen LogP) is 1.96. The van der Waals surface area contributed by atoms with Crippen LogP contribution in [0.2, 0.25) is 0 Å². The average molecular weight is 182 g/mol. The number of ether oxygens (including phenoxy) is 1. The van der Waals surface area contributed by atoms with Crippen LogP contribution in [-0.4, -0.2) is 19.5 Å². The quantitative estimate of drug-likeness (QED) is 0.668. The summed E-state index contributed by atoms with van der Waals surface area (Å²) in [6.45, 7) is 1.57. The summed E-state index contributed by atoms with van der Waals surface area (Å²) in [4.78, 5) is 11.3. The molecule has 0 aliphatic carbocycles. The van der Waals surface area contributed by atoms with Gasteiger partial charge in [0.1, 0.15) is 12.4 Å². The Bertz CT molecular complexity index is 321. The van der Waals surface area contributed by atoms with Gasteiger partial charge in [0.05, 0.1) is 0 Å². The number of rotatable bonds is 3. The first-order valence-electron chi connectivity index (χ1n) is 3.94. The molecule has 0 fully saturated rings. The minimum absolute atomic E-state index is 0.00963. The molecule has 1 aromatic rings. The second-order valence-corrected chi connectivity index (χ2v) is 2.77. The van der Waals surface area contributed by atoms with Crippen molar-refractivity contribution in [2.24, 2.45) is 0 Å². The summed E-state index contributed by atoms with van der Waals surface area (Å²) in [7, 11) is 1.44. The molecule has 0 atom stereocenters. The molecule has 0 aliphatic rings. The van der Waals surface area contributed by atoms with Crippen molar-refractivity contribution in [2.75, 3.05) is 13.7 Å². The van der Waals surface area contributed by atoms with E-state index in [4.69, 9.17) is 0 Å². The predicted molar refractivity (Wildman–Crippen MR) is 47.3 cm³/mol. The number of carbonyl (C=O) groups excluding carboxylic acids is 1. The molecule has 1 rings (SSSR count). The van der Waals surface area contributed by atoms with E-state index in [9.17, 15) is 9.18 Å². The van der Waals surface area contributed by atoms with E-state index in [0.29, 0.717) is 11.1 Å². The number of ketones is 1. The van der Waals surface area contributed by atoms with E-state index in [-0.39, 0.29) is 18.2 Å². The molecule has 0 aromatic heterocycles. The zero-order valence-electron chi connectivity index (χ0n) is 7.63. The van der Waals surface area contributed by atoms with E-state index < -0.39 is 0 Å². The largest absolute Gasteiger partial charge is 0.377 e. The van der Waals surface area contributed by atoms with Crippen LogP contribution in [-0.2, 0) is 4.74 Å². The maximum atomic E-state index is 13.0. The third-order valence-corrected chi connectivity index (χ3v) is 1.84. The van der Waals surface area contributed by atoms with Gasteiger partial charge >= 0.3 is 0 Å². The molecule has 0 unspecified atom stereocenters. The van der Waals surface area contributed by atoms with Crippen LogP contribution in [0.1, 0.15) is 15.9 Å². The lowest BCUT2D eigenvalue weighted by atomic mass is 10.1. The maximum absolute atomic E-state index is 13.0. The van der Waals surface area contributed by atoms with E-state index in [1.165, 1.54) is 19.2 Å². The molecule has 0 aliphatic heterocycles. The van der Waals surface area contributed by atoms with Gasteiger partial charge in [0.2, 0.25) is 0 Å². The van der Waals surface area contributed by atoms with Gasteiger partial charge in [-0.1, -0.05) is 12.1 Å². The van der Waals surface area contributed by atoms with Crippen LogP contribution in [0.15, 0.2) is 18.2 Å². The second kappa shape index (κ2) is 4.14. The Morgan fingerprint density at radius 1 is 1.54 bits per heavy atom. The topological polar surface area (TPSA) is 26.3 Å². The van der Waals surface area contributed by atoms with Crippen LogP contribution in [0.25, 0.3) is 0 Å². The van der Waals surface area contributed by atoms with Crippen LogP contribution in [0.5, 0.6) is 0 Å². The fourth-order valence-corrected chi connectivity index (χ4v) is 1.12. The van der Waals surface area contributed by atoms with Gasteiger partial charge < -0.3 is 4.74 Å². The Morgan fingerprint density at radius 2 is 2.23 bits per heavy atom. The van der Waals surface area contributed by atoms with Crippen LogP contribution in [0.3, 0.4) is 0 Å². The van der Waals surface area contributed by atoms with E-state index >= 15 is 0 Å². The SMILES string of the molecule is COCC(=O)c1cccc(F)c1C. The van der Waals surface area contributed by atoms with Crippen LogP contribution in [0, 0.1) is 12.7 Å². The molecule has 0 saturated heterocycles. The monoisotopic (exact) mass is 182 g/mol. The molecular formula is C10H11FO2. The number of hydrogen-bond donors (Lipinski definition) is 0. The molecule has 0 saturated carbocycles. The van der Waals surface area contributed by atoms with Gasteiger partial charge in [-0.2, -0.15) is 0 Å². The Labute approximate surface area is 76.3 Å². The van der Waals surface area contributed by atoms with Gasteiger partial charge in [-0.25, -0.2) is 4.39 Å². The molecule has 13 heavy (non-hydrogen) atoms. The van der Waals surface area contributed by atoms with Crippen LogP contribution in [0.4, 0.5) is 4.39 Å². The summed E-state index contributed by atoms with van der Waals surface area (Å²) in [5, 5.41) is 0. The zero-order chi connectivity index (χ0) is 9.84. The summed E-state index contributed by atoms with van der Waals surface area (Å²) in [5.74, 6) is -0.554. The number of benzene rings is 1. The Balaban J connectivity index is 3.01. The fraction of sp³-hybridized carbons (Fsp3) is 0.300. The standard InChI is InChI=1S/C10H11FO2/c1-7-8(10(12)6-13-2)4-3-5-9(7)11/h3-5H,6H2,1-2H3. The average Bonchev–Trinajstić information content (AvgIpc) is 2.10. The van der Waals surface area contributed by atoms with Crippen molar-refractivity contribution in [2.45, 2.75) is 6.92 Å². The highest BCUT2D eigenvalue weighted by atomic mass is 19.1. The molecule has 3 heteroatoms. The summed E-state index contributed by atoms with van der Waals surface area (Å²) < 4.78 is 17.7. The molecule has 0 heterocycles. The molecule has 0 spiro atoms. The maximum Gasteiger partial charge on any atom is 0.188 e. The molecular weight excluding hydrogens is 171 g/mol. The van der Waals surface area contributed by atoms with Crippen molar-refractivity contribution >= 4 is 5.78 Å². The van der Waals surface area contributed by atoms with E-state index in [2.05, 4.69) is 4.74 Å². The number of hydrogen-bond acceptors (Lipinski definition) is 2. The highest BCUT2D eigenvalue weighted by Crippen LogP contribution is 2.12. The minimum Gasteiger partial charge on any atom is -0.377 e. The smallest absolute Gasteiger partial charge is 0.188 e. The molecule has 0 amide bonds. The van der Waals surface area contributed by atoms with Gasteiger partial charge in [-0.3, -0.25) is 4.79 Å². The summed E-state index contributed by atoms with van der Waals surface area (Å²) >= 11 is 0. The van der Waals surface area contributed by atoms with Crippen molar-refractivity contribution in [1.82, 2.24) is 0 Å². The Kier molecular flexibility index (Phi) is 3.14. The molecule has 70 valence electrons. The van der Waals surface area contributed by atoms with E-state index in [1.54, 1.807) is 13.0 Å². The van der Waals surface area contributed by atoms with Gasteiger partial charge in [0, 0.05) is 12.7 Å². The lowest BCUT2D eigenvalue weighted by molar-refractivity contribution is 0.0847. The van der Waals surface area contributed by atoms with Gasteiger partial charge in [-0.15, -0.1) is 0 Å². The summed E-state index contributed by atoms with van der Waals surface area (Å²) in [6, 6.07) is 4.45. The summed E-state index contributed by atoms with van der Waals surface area (Å²) in [6.07, 6.45) is 0. The Hall–Kier alpha value is -1.22. The molecule has 0 bridgehead atoms. The van der Waals surface area contributed by atoms with E-state index in [0.717, 1.165) is 0 Å². The van der Waals surface area contributed by atoms with Crippen molar-refractivity contribution < 1.29 is 13.9 Å². The van der Waals surface area contributed by atoms with Gasteiger partial charge in [0.15, 0.2) is 5.78 Å². The van der Waals surface area contributed by atoms with Crippen molar-refractivity contribution in [3.63, 3.8) is 0 Å². The fourth-order valence-electron chi connectivity index (χ4n) is 1.12. The minimum atomic E-state index is -0.359. The molecule has 1 aromatic carbocycles. The first kappa shape index (κ1) is 9.86. The first-order valence-corrected chi connectivity index (χ1v) is 3.94. The van der Waals surface area contributed by atoms with E-state index in [1.807, 2.05) is 0 Å². The highest BCUT2D eigenvalue weighted by Gasteiger charge is 2.10. The molecule has 2 nitrogen and oxygen atoms in total. The van der Waals surface area contributed by atoms with Crippen molar-refractivity contribution in [1.29, 1.82) is 0 Å². The van der Waals surface area contributed by atoms with Crippen molar-refractivity contribution in [3.8, 4) is 0 Å². The third-order valence-electron chi connectivity index (χ3n) is 1.84. The highest BCUT2D eigenvalue weighted by molar-refractivity contribution is 5.98. The summed E-state index contributed by atoms with van der Waals surface area (Å²) in [5.41, 5.74) is 0.770. The van der Waals surface area contributed by atoms with Crippen molar-refractivity contribution in [3.05, 3.63) is 35.1 Å². The van der Waals surface area contributed by atoms with Crippen LogP contribution < -0.4 is 0 Å². The number of Topliss-reactive ketones (excluding diaryl/α,β-unsaturated/α-hetero) is 1. The molecule has 0 N–H and O–H groups in total. The first-order chi connectivity index (χ1) is 6.16. The third kappa shape index (κ3) is 2.12. The van der Waals surface area contributed by atoms with Crippen LogP contribution >= 0.6 is 0 Å². The second-order valence-electron chi connectivity index (χ2n) is 2.77. The number of carbonyl (C=O) groups is 1. The Morgan fingerprint density at radius 3 is 2.85 bits per heavy atom. The lowest BCUT2D eigenvalue weighted by Crippen LogP contribution is -2.09. The zero-order valence-corrected chi connectivity index (χ0v) is 7.63. The van der Waals surface area contributed by atoms with Gasteiger partial charge in [0.25, 0.3) is 0 Å². The number of halogens is 1. The lowest BCUT2D eigenvalue weighted by Gasteiger charge is -2.04. The normalized spacial score (nSPS) is 10.1. The molecule has 0 radical (unpaired) electrons. The number of methoxy groups -OCH3 is 1.